The van der Waals surface area contributed by atoms with Gasteiger partial charge in [0.1, 0.15) is 0 Å². The molecule has 2 N–H and O–H groups in total. The van der Waals surface area contributed by atoms with Crippen molar-refractivity contribution in [3.63, 3.8) is 0 Å². The number of benzene rings is 2. The molecule has 2 aromatic carbocycles. The average molecular weight is 587 g/mol. The van der Waals surface area contributed by atoms with E-state index in [2.05, 4.69) is 10.0 Å². The van der Waals surface area contributed by atoms with Crippen LogP contribution in [0.4, 0.5) is 23.7 Å². The Balaban J connectivity index is 1.67. The number of hydrogen-bond acceptors (Lipinski definition) is 6. The van der Waals surface area contributed by atoms with Crippen LogP contribution in [0.1, 0.15) is 48.9 Å². The lowest BCUT2D eigenvalue weighted by atomic mass is 9.94. The fourth-order valence-electron chi connectivity index (χ4n) is 4.82. The summed E-state index contributed by atoms with van der Waals surface area (Å²) >= 11 is 0. The summed E-state index contributed by atoms with van der Waals surface area (Å²) in [5.74, 6) is 0.00951. The van der Waals surface area contributed by atoms with E-state index < -0.39 is 33.8 Å². The summed E-state index contributed by atoms with van der Waals surface area (Å²) in [5.41, 5.74) is -1.20. The number of likely N-dealkylation sites (tertiary alicyclic amines) is 1. The fourth-order valence-corrected chi connectivity index (χ4v) is 6.17. The molecule has 2 aliphatic heterocycles. The molecule has 0 saturated carbocycles. The molecule has 0 aliphatic carbocycles. The highest BCUT2D eigenvalue weighted by Crippen LogP contribution is 2.38. The van der Waals surface area contributed by atoms with Crippen molar-refractivity contribution in [2.24, 2.45) is 0 Å². The van der Waals surface area contributed by atoms with Crippen molar-refractivity contribution in [3.05, 3.63) is 70.4 Å². The van der Waals surface area contributed by atoms with Crippen molar-refractivity contribution in [2.45, 2.75) is 43.3 Å². The standard InChI is InChI=1S/C27H25F3N6O4S/c1-17-22(16-32)25(34-26(38)36(17)20-6-2-5-19(14-20)27(28,29)30)21-9-8-18(15-31)13-23(21)41(39,40)33-10-4-12-35-11-3-7-24(35)37/h2,5-6,8-9,13-14,25,33H,3-4,7,10-12H2,1H3,(H,34,38)/t25-/m1/s1. The summed E-state index contributed by atoms with van der Waals surface area (Å²) in [4.78, 5) is 27.2. The Morgan fingerprint density at radius 3 is 2.51 bits per heavy atom. The summed E-state index contributed by atoms with van der Waals surface area (Å²) in [5, 5.41) is 21.9. The van der Waals surface area contributed by atoms with E-state index in [1.807, 2.05) is 12.1 Å². The van der Waals surface area contributed by atoms with Crippen LogP contribution in [-0.2, 0) is 21.0 Å². The molecule has 0 spiro atoms. The van der Waals surface area contributed by atoms with Crippen LogP contribution in [0.25, 0.3) is 0 Å². The van der Waals surface area contributed by atoms with E-state index >= 15 is 0 Å². The zero-order valence-corrected chi connectivity index (χ0v) is 22.6. The monoisotopic (exact) mass is 586 g/mol. The van der Waals surface area contributed by atoms with Gasteiger partial charge in [-0.2, -0.15) is 23.7 Å². The lowest BCUT2D eigenvalue weighted by Gasteiger charge is -2.34. The number of rotatable bonds is 8. The van der Waals surface area contributed by atoms with Gasteiger partial charge < -0.3 is 10.2 Å². The van der Waals surface area contributed by atoms with Crippen LogP contribution >= 0.6 is 0 Å². The Morgan fingerprint density at radius 1 is 1.12 bits per heavy atom. The van der Waals surface area contributed by atoms with Crippen molar-refractivity contribution in [3.8, 4) is 12.1 Å². The van der Waals surface area contributed by atoms with Gasteiger partial charge in [-0.1, -0.05) is 12.1 Å². The van der Waals surface area contributed by atoms with Gasteiger partial charge in [-0.15, -0.1) is 0 Å². The van der Waals surface area contributed by atoms with Gasteiger partial charge in [0.25, 0.3) is 0 Å². The number of halogens is 3. The minimum Gasteiger partial charge on any atom is -0.343 e. The number of carbonyl (C=O) groups is 2. The van der Waals surface area contributed by atoms with E-state index in [0.29, 0.717) is 25.9 Å². The minimum atomic E-state index is -4.66. The first-order chi connectivity index (χ1) is 19.4. The average Bonchev–Trinajstić information content (AvgIpc) is 3.34. The van der Waals surface area contributed by atoms with Crippen LogP contribution in [-0.4, -0.2) is 44.9 Å². The molecule has 10 nitrogen and oxygen atoms in total. The molecule has 0 radical (unpaired) electrons. The van der Waals surface area contributed by atoms with Crippen molar-refractivity contribution in [2.75, 3.05) is 24.5 Å². The second kappa shape index (κ2) is 11.6. The number of carbonyl (C=O) groups excluding carboxylic acids is 2. The molecule has 1 atom stereocenters. The molecular weight excluding hydrogens is 561 g/mol. The molecule has 0 aromatic heterocycles. The summed E-state index contributed by atoms with van der Waals surface area (Å²) in [6, 6.07) is 9.48. The second-order valence-corrected chi connectivity index (χ2v) is 11.2. The van der Waals surface area contributed by atoms with Gasteiger partial charge in [0.15, 0.2) is 0 Å². The summed E-state index contributed by atoms with van der Waals surface area (Å²) < 4.78 is 69.1. The molecule has 2 aromatic rings. The zero-order chi connectivity index (χ0) is 29.9. The van der Waals surface area contributed by atoms with Crippen molar-refractivity contribution >= 4 is 27.6 Å². The van der Waals surface area contributed by atoms with Crippen LogP contribution < -0.4 is 14.9 Å². The predicted molar refractivity (Wildman–Crippen MR) is 140 cm³/mol. The van der Waals surface area contributed by atoms with Crippen molar-refractivity contribution in [1.29, 1.82) is 10.5 Å². The molecule has 2 aliphatic rings. The van der Waals surface area contributed by atoms with Gasteiger partial charge in [-0.25, -0.2) is 17.9 Å². The number of hydrogen-bond donors (Lipinski definition) is 2. The third-order valence-corrected chi connectivity index (χ3v) is 8.37. The third kappa shape index (κ3) is 6.19. The minimum absolute atomic E-state index is 0.000775. The summed E-state index contributed by atoms with van der Waals surface area (Å²) in [7, 11) is -4.26. The quantitative estimate of drug-likeness (QED) is 0.448. The first-order valence-corrected chi connectivity index (χ1v) is 14.1. The molecule has 4 rings (SSSR count). The third-order valence-electron chi connectivity index (χ3n) is 6.85. The largest absolute Gasteiger partial charge is 0.416 e. The summed E-state index contributed by atoms with van der Waals surface area (Å²) in [6.45, 7) is 2.35. The molecule has 41 heavy (non-hydrogen) atoms. The van der Waals surface area contributed by atoms with Crippen LogP contribution in [0, 0.1) is 22.7 Å². The number of amides is 3. The number of nitrogens with zero attached hydrogens (tertiary/aromatic N) is 4. The van der Waals surface area contributed by atoms with E-state index in [-0.39, 0.29) is 45.4 Å². The Bertz CT molecular complexity index is 1610. The first-order valence-electron chi connectivity index (χ1n) is 12.6. The molecule has 2 heterocycles. The van der Waals surface area contributed by atoms with Gasteiger partial charge in [0, 0.05) is 31.8 Å². The molecule has 14 heteroatoms. The Kier molecular flexibility index (Phi) is 8.37. The number of nitriles is 2. The topological polar surface area (TPSA) is 146 Å². The summed E-state index contributed by atoms with van der Waals surface area (Å²) in [6.07, 6.45) is -3.11. The predicted octanol–water partition coefficient (Wildman–Crippen LogP) is 3.94. The maximum absolute atomic E-state index is 13.4. The van der Waals surface area contributed by atoms with Crippen LogP contribution in [0.5, 0.6) is 0 Å². The SMILES string of the molecule is CC1=C(C#N)[C@@H](c2ccc(C#N)cc2S(=O)(=O)NCCCN2CCCC2=O)NC(=O)N1c1cccc(C(F)(F)F)c1. The van der Waals surface area contributed by atoms with E-state index in [1.165, 1.54) is 25.1 Å². The Hall–Kier alpha value is -4.40. The highest BCUT2D eigenvalue weighted by molar-refractivity contribution is 7.89. The smallest absolute Gasteiger partial charge is 0.343 e. The molecule has 1 saturated heterocycles. The van der Waals surface area contributed by atoms with Gasteiger partial charge in [-0.3, -0.25) is 9.69 Å². The van der Waals surface area contributed by atoms with Crippen molar-refractivity contribution < 1.29 is 31.2 Å². The van der Waals surface area contributed by atoms with Crippen molar-refractivity contribution in [1.82, 2.24) is 14.9 Å². The van der Waals surface area contributed by atoms with Gasteiger partial charge in [0.05, 0.1) is 45.5 Å². The molecule has 0 unspecified atom stereocenters. The fraction of sp³-hybridized carbons (Fsp3) is 0.333. The maximum Gasteiger partial charge on any atom is 0.416 e. The number of allylic oxidation sites excluding steroid dienone is 1. The number of nitrogens with one attached hydrogen (secondary N) is 2. The Morgan fingerprint density at radius 2 is 1.88 bits per heavy atom. The molecule has 3 amide bonds. The lowest BCUT2D eigenvalue weighted by Crippen LogP contribution is -2.47. The molecule has 1 fully saturated rings. The second-order valence-electron chi connectivity index (χ2n) is 9.48. The highest BCUT2D eigenvalue weighted by Gasteiger charge is 2.37. The lowest BCUT2D eigenvalue weighted by molar-refractivity contribution is -0.137. The van der Waals surface area contributed by atoms with Gasteiger partial charge >= 0.3 is 12.2 Å². The van der Waals surface area contributed by atoms with E-state index in [4.69, 9.17) is 0 Å². The van der Waals surface area contributed by atoms with E-state index in [0.717, 1.165) is 35.6 Å². The van der Waals surface area contributed by atoms with Gasteiger partial charge in [0.2, 0.25) is 15.9 Å². The maximum atomic E-state index is 13.4. The first kappa shape index (κ1) is 29.6. The van der Waals surface area contributed by atoms with Crippen LogP contribution in [0.2, 0.25) is 0 Å². The molecule has 214 valence electrons. The molecule has 0 bridgehead atoms. The number of alkyl halides is 3. The zero-order valence-electron chi connectivity index (χ0n) is 21.8. The van der Waals surface area contributed by atoms with E-state index in [1.54, 1.807) is 4.90 Å². The number of sulfonamides is 1. The number of anilines is 1. The Labute approximate surface area is 234 Å². The van der Waals surface area contributed by atoms with Gasteiger partial charge in [-0.05, 0) is 55.7 Å². The molecular formula is C27H25F3N6O4S. The normalized spacial score (nSPS) is 17.9. The number of urea groups is 1. The van der Waals surface area contributed by atoms with Crippen LogP contribution in [0.15, 0.2) is 58.6 Å². The van der Waals surface area contributed by atoms with E-state index in [9.17, 15) is 41.7 Å². The highest BCUT2D eigenvalue weighted by atomic mass is 32.2. The van der Waals surface area contributed by atoms with Crippen LogP contribution in [0.3, 0.4) is 0 Å².